The molecule has 4 aliphatic rings. The Labute approximate surface area is 492 Å². The fourth-order valence-electron chi connectivity index (χ4n) is 14.8. The van der Waals surface area contributed by atoms with Gasteiger partial charge in [-0.3, -0.25) is 0 Å². The summed E-state index contributed by atoms with van der Waals surface area (Å²) in [5.41, 5.74) is 29.6. The van der Waals surface area contributed by atoms with Gasteiger partial charge in [-0.05, 0) is 139 Å². The number of nitrogens with zero attached hydrogens (tertiary/aromatic N) is 3. The minimum atomic E-state index is -0.197. The summed E-state index contributed by atoms with van der Waals surface area (Å²) >= 11 is 1.99. The van der Waals surface area contributed by atoms with Crippen LogP contribution in [0.2, 0.25) is 0 Å². The van der Waals surface area contributed by atoms with Crippen molar-refractivity contribution in [2.24, 2.45) is 0 Å². The highest BCUT2D eigenvalue weighted by atomic mass is 32.1. The van der Waals surface area contributed by atoms with Crippen LogP contribution in [-0.4, -0.2) is 6.71 Å². The Morgan fingerprint density at radius 3 is 1.60 bits per heavy atom. The number of hydrogen-bond donors (Lipinski definition) is 0. The van der Waals surface area contributed by atoms with E-state index in [4.69, 9.17) is 0 Å². The third-order valence-electron chi connectivity index (χ3n) is 18.8. The van der Waals surface area contributed by atoms with Gasteiger partial charge in [-0.2, -0.15) is 0 Å². The second-order valence-electron chi connectivity index (χ2n) is 25.2. The minimum Gasteiger partial charge on any atom is -0.311 e. The zero-order chi connectivity index (χ0) is 56.1. The monoisotopic (exact) mass is 1080 g/mol. The van der Waals surface area contributed by atoms with Crippen molar-refractivity contribution >= 4 is 95.0 Å². The van der Waals surface area contributed by atoms with Gasteiger partial charge in [0.2, 0.25) is 0 Å². The third kappa shape index (κ3) is 7.30. The van der Waals surface area contributed by atoms with Crippen molar-refractivity contribution in [1.29, 1.82) is 0 Å². The molecule has 3 nitrogen and oxygen atoms in total. The fourth-order valence-corrected chi connectivity index (χ4v) is 16.1. The number of rotatable bonds is 7. The Hall–Kier alpha value is -9.16. The lowest BCUT2D eigenvalue weighted by molar-refractivity contribution is 0.590. The van der Waals surface area contributed by atoms with E-state index in [9.17, 15) is 0 Å². The maximum absolute atomic E-state index is 2.66. The van der Waals surface area contributed by atoms with E-state index in [1.54, 1.807) is 0 Å². The van der Waals surface area contributed by atoms with E-state index in [1.807, 2.05) is 11.3 Å². The number of fused-ring (bicyclic) bond motifs is 12. The molecule has 0 radical (unpaired) electrons. The summed E-state index contributed by atoms with van der Waals surface area (Å²) in [7, 11) is 0. The highest BCUT2D eigenvalue weighted by molar-refractivity contribution is 7.33. The zero-order valence-electron chi connectivity index (χ0n) is 48.0. The van der Waals surface area contributed by atoms with Crippen molar-refractivity contribution in [3.63, 3.8) is 0 Å². The van der Waals surface area contributed by atoms with Gasteiger partial charge in [-0.15, -0.1) is 11.3 Å². The van der Waals surface area contributed by atoms with Crippen LogP contribution < -0.4 is 30.4 Å². The van der Waals surface area contributed by atoms with E-state index in [2.05, 4.69) is 312 Å². The molecular weight excluding hydrogens is 1020 g/mol. The third-order valence-corrected chi connectivity index (χ3v) is 20.0. The van der Waals surface area contributed by atoms with Crippen molar-refractivity contribution in [3.8, 4) is 44.5 Å². The van der Waals surface area contributed by atoms with Crippen LogP contribution in [0.5, 0.6) is 0 Å². The fraction of sp³-hybridized carbons (Fsp3) is 0.128. The standard InChI is InChI=1S/C78H62BN3S/c1-76(2,3)51-40-42-52(43-41-51)81-68-38-23-39-69-73(68)79(75-74(81)59-47-58-56-30-14-18-32-60(56)78(6,7)63(58)48-71(59)83-75)64-45-44-53(46-70(64)82(69)67-37-22-34-62-72(67)57-31-15-19-33-61(57)77(62,4)5)80(65-35-20-16-28-54(65)49-24-10-8-11-25-49)66-36-21-17-29-55(66)50-26-12-9-13-27-50/h8-48H,1-7H3. The predicted octanol–water partition coefficient (Wildman–Crippen LogP) is 19.7. The van der Waals surface area contributed by atoms with Crippen LogP contribution in [0.15, 0.2) is 249 Å². The molecule has 0 atom stereocenters. The molecule has 0 bridgehead atoms. The molecule has 1 aromatic heterocycles. The SMILES string of the molecule is CC(C)(C)c1ccc(N2c3cccc4c3B(c3ccc(N(c5ccccc5-c5ccccc5)c5ccccc5-c5ccccc5)cc3N4c3cccc4c3-c3ccccc3C4(C)C)c3sc4cc5c(cc4c32)-c2ccccc2C5(C)C)cc1. The van der Waals surface area contributed by atoms with Crippen molar-refractivity contribution < 1.29 is 0 Å². The molecule has 0 saturated heterocycles. The first kappa shape index (κ1) is 49.6. The van der Waals surface area contributed by atoms with Crippen LogP contribution in [0.25, 0.3) is 54.6 Å². The summed E-state index contributed by atoms with van der Waals surface area (Å²) in [6.45, 7) is 16.5. The quantitative estimate of drug-likeness (QED) is 0.147. The van der Waals surface area contributed by atoms with Gasteiger partial charge < -0.3 is 14.7 Å². The molecular formula is C78H62BN3S. The first-order valence-electron chi connectivity index (χ1n) is 29.4. The maximum Gasteiger partial charge on any atom is 0.264 e. The average molecular weight is 1080 g/mol. The van der Waals surface area contributed by atoms with Crippen molar-refractivity contribution in [1.82, 2.24) is 0 Å². The molecule has 3 heterocycles. The molecule has 0 spiro atoms. The smallest absolute Gasteiger partial charge is 0.264 e. The predicted molar refractivity (Wildman–Crippen MR) is 355 cm³/mol. The van der Waals surface area contributed by atoms with Gasteiger partial charge in [0.05, 0.1) is 22.7 Å². The molecule has 2 aliphatic heterocycles. The van der Waals surface area contributed by atoms with E-state index in [0.29, 0.717) is 0 Å². The van der Waals surface area contributed by atoms with Gasteiger partial charge >= 0.3 is 0 Å². The van der Waals surface area contributed by atoms with Gasteiger partial charge in [0.25, 0.3) is 6.71 Å². The van der Waals surface area contributed by atoms with E-state index < -0.39 is 0 Å². The van der Waals surface area contributed by atoms with Crippen LogP contribution in [0.1, 0.15) is 76.3 Å². The topological polar surface area (TPSA) is 9.72 Å². The van der Waals surface area contributed by atoms with E-state index >= 15 is 0 Å². The molecule has 0 fully saturated rings. The maximum atomic E-state index is 2.66. The first-order valence-corrected chi connectivity index (χ1v) is 30.2. The summed E-state index contributed by atoms with van der Waals surface area (Å²) < 4.78 is 2.69. The van der Waals surface area contributed by atoms with Crippen LogP contribution >= 0.6 is 11.3 Å². The molecule has 16 rings (SSSR count). The molecule has 0 saturated carbocycles. The van der Waals surface area contributed by atoms with Crippen LogP contribution in [-0.2, 0) is 16.2 Å². The van der Waals surface area contributed by atoms with Gasteiger partial charge in [-0.25, -0.2) is 0 Å². The van der Waals surface area contributed by atoms with E-state index in [1.165, 1.54) is 121 Å². The number of para-hydroxylation sites is 2. The average Bonchev–Trinajstić information content (AvgIpc) is 3.84. The van der Waals surface area contributed by atoms with Crippen LogP contribution in [0.4, 0.5) is 51.2 Å². The van der Waals surface area contributed by atoms with E-state index in [-0.39, 0.29) is 23.0 Å². The summed E-state index contributed by atoms with van der Waals surface area (Å²) in [4.78, 5) is 7.81. The Kier molecular flexibility index (Phi) is 10.9. The molecule has 83 heavy (non-hydrogen) atoms. The highest BCUT2D eigenvalue weighted by Crippen LogP contribution is 2.58. The lowest BCUT2D eigenvalue weighted by Gasteiger charge is -2.44. The molecule has 12 aromatic rings. The number of thiophene rings is 1. The summed E-state index contributed by atoms with van der Waals surface area (Å²) in [6.07, 6.45) is 0. The van der Waals surface area contributed by atoms with Crippen molar-refractivity contribution in [2.75, 3.05) is 14.7 Å². The Morgan fingerprint density at radius 2 is 0.952 bits per heavy atom. The number of benzene rings is 11. The summed E-state index contributed by atoms with van der Waals surface area (Å²) in [5, 5.41) is 1.30. The van der Waals surface area contributed by atoms with Gasteiger partial charge in [0.15, 0.2) is 0 Å². The Bertz CT molecular complexity index is 4540. The molecule has 0 unspecified atom stereocenters. The molecule has 0 amide bonds. The molecule has 398 valence electrons. The number of hydrogen-bond acceptors (Lipinski definition) is 4. The molecule has 0 N–H and O–H groups in total. The second-order valence-corrected chi connectivity index (χ2v) is 26.3. The van der Waals surface area contributed by atoms with Gasteiger partial charge in [0.1, 0.15) is 0 Å². The number of anilines is 9. The lowest BCUT2D eigenvalue weighted by Crippen LogP contribution is -2.60. The molecule has 5 heteroatoms. The Balaban J connectivity index is 1.01. The molecule has 2 aliphatic carbocycles. The summed E-state index contributed by atoms with van der Waals surface area (Å²) in [6, 6.07) is 94.1. The van der Waals surface area contributed by atoms with Crippen molar-refractivity contribution in [3.05, 3.63) is 277 Å². The van der Waals surface area contributed by atoms with Crippen LogP contribution in [0.3, 0.4) is 0 Å². The first-order chi connectivity index (χ1) is 40.4. The largest absolute Gasteiger partial charge is 0.311 e. The van der Waals surface area contributed by atoms with Gasteiger partial charge in [0, 0.05) is 70.8 Å². The zero-order valence-corrected chi connectivity index (χ0v) is 48.8. The minimum absolute atomic E-state index is 0.00738. The van der Waals surface area contributed by atoms with Crippen LogP contribution in [0, 0.1) is 0 Å². The lowest BCUT2D eigenvalue weighted by atomic mass is 9.36. The summed E-state index contributed by atoms with van der Waals surface area (Å²) in [5.74, 6) is 0. The normalized spacial score (nSPS) is 14.6. The molecule has 11 aromatic carbocycles. The van der Waals surface area contributed by atoms with Crippen molar-refractivity contribution in [2.45, 2.75) is 64.7 Å². The Morgan fingerprint density at radius 1 is 0.422 bits per heavy atom. The van der Waals surface area contributed by atoms with Gasteiger partial charge in [-0.1, -0.05) is 230 Å². The second kappa shape index (κ2) is 18.2. The highest BCUT2D eigenvalue weighted by Gasteiger charge is 2.48. The van der Waals surface area contributed by atoms with E-state index in [0.717, 1.165) is 28.2 Å².